The maximum Gasteiger partial charge on any atom is 0.217 e. The quantitative estimate of drug-likeness (QED) is 0.522. The zero-order valence-corrected chi connectivity index (χ0v) is 8.28. The van der Waals surface area contributed by atoms with Gasteiger partial charge in [-0.1, -0.05) is 12.6 Å². The molecular formula is C6H12O3S2. The smallest absolute Gasteiger partial charge is 0.217 e. The Morgan fingerprint density at radius 2 is 1.82 bits per heavy atom. The Bertz CT molecular complexity index is 112. The lowest BCUT2D eigenvalue weighted by Crippen LogP contribution is -2.25. The third-order valence-electron chi connectivity index (χ3n) is 0.973. The maximum absolute atomic E-state index is 5.08. The molecule has 0 heterocycles. The number of hydrogen-bond donors (Lipinski definition) is 1. The molecule has 0 fully saturated rings. The Labute approximate surface area is 77.4 Å². The standard InChI is InChI=1S/C6H12O3S2/c1-7-3-5(4-8-2)9-6(10)11/h5H,3-4H2,1-2H3,(H,10,11). The van der Waals surface area contributed by atoms with Crippen molar-refractivity contribution in [1.29, 1.82) is 0 Å². The summed E-state index contributed by atoms with van der Waals surface area (Å²) in [5.41, 5.74) is 0. The van der Waals surface area contributed by atoms with Gasteiger partial charge in [0.05, 0.1) is 13.2 Å². The van der Waals surface area contributed by atoms with Gasteiger partial charge in [-0.05, 0) is 12.2 Å². The van der Waals surface area contributed by atoms with Gasteiger partial charge in [-0.2, -0.15) is 0 Å². The molecule has 0 bridgehead atoms. The van der Waals surface area contributed by atoms with E-state index in [2.05, 4.69) is 24.8 Å². The van der Waals surface area contributed by atoms with Crippen LogP contribution in [0.3, 0.4) is 0 Å². The van der Waals surface area contributed by atoms with Gasteiger partial charge in [0, 0.05) is 14.2 Å². The van der Waals surface area contributed by atoms with Crippen LogP contribution in [0.15, 0.2) is 0 Å². The normalized spacial score (nSPS) is 10.2. The molecule has 0 aromatic rings. The molecule has 11 heavy (non-hydrogen) atoms. The van der Waals surface area contributed by atoms with Gasteiger partial charge in [0.25, 0.3) is 0 Å². The molecule has 0 saturated carbocycles. The molecule has 0 saturated heterocycles. The van der Waals surface area contributed by atoms with Gasteiger partial charge in [-0.25, -0.2) is 0 Å². The second-order valence-corrected chi connectivity index (χ2v) is 3.00. The Morgan fingerprint density at radius 3 is 2.09 bits per heavy atom. The van der Waals surface area contributed by atoms with E-state index in [1.54, 1.807) is 14.2 Å². The third kappa shape index (κ3) is 6.55. The summed E-state index contributed by atoms with van der Waals surface area (Å²) in [5, 5.41) is 0. The molecule has 0 aliphatic heterocycles. The van der Waals surface area contributed by atoms with Crippen LogP contribution < -0.4 is 0 Å². The van der Waals surface area contributed by atoms with Crippen LogP contribution in [0.25, 0.3) is 0 Å². The van der Waals surface area contributed by atoms with E-state index in [0.29, 0.717) is 13.2 Å². The van der Waals surface area contributed by atoms with Crippen molar-refractivity contribution in [3.63, 3.8) is 0 Å². The molecular weight excluding hydrogens is 184 g/mol. The Hall–Kier alpha value is 0.160. The van der Waals surface area contributed by atoms with Crippen LogP contribution in [0.1, 0.15) is 0 Å². The molecule has 0 aliphatic rings. The molecule has 0 spiro atoms. The minimum Gasteiger partial charge on any atom is -0.471 e. The summed E-state index contributed by atoms with van der Waals surface area (Å²) in [6.07, 6.45) is -0.157. The van der Waals surface area contributed by atoms with Gasteiger partial charge < -0.3 is 14.2 Å². The molecule has 0 radical (unpaired) electrons. The molecule has 0 N–H and O–H groups in total. The average Bonchev–Trinajstić information content (AvgIpc) is 1.87. The molecule has 0 unspecified atom stereocenters. The van der Waals surface area contributed by atoms with Crippen LogP contribution in [0.4, 0.5) is 0 Å². The van der Waals surface area contributed by atoms with Gasteiger partial charge in [-0.3, -0.25) is 0 Å². The van der Waals surface area contributed by atoms with Gasteiger partial charge in [0.1, 0.15) is 6.10 Å². The second kappa shape index (κ2) is 6.84. The first-order chi connectivity index (χ1) is 5.20. The van der Waals surface area contributed by atoms with Crippen LogP contribution in [-0.4, -0.2) is 37.9 Å². The Kier molecular flexibility index (Phi) is 6.94. The summed E-state index contributed by atoms with van der Waals surface area (Å²) >= 11 is 8.45. The van der Waals surface area contributed by atoms with Crippen LogP contribution in [-0.2, 0) is 14.2 Å². The predicted molar refractivity (Wildman–Crippen MR) is 50.2 cm³/mol. The van der Waals surface area contributed by atoms with Crippen molar-refractivity contribution in [3.05, 3.63) is 0 Å². The zero-order valence-electron chi connectivity index (χ0n) is 6.57. The highest BCUT2D eigenvalue weighted by Crippen LogP contribution is 1.98. The van der Waals surface area contributed by atoms with Gasteiger partial charge in [0.15, 0.2) is 0 Å². The van der Waals surface area contributed by atoms with Crippen molar-refractivity contribution in [2.75, 3.05) is 27.4 Å². The van der Waals surface area contributed by atoms with Crippen LogP contribution in [0.5, 0.6) is 0 Å². The number of rotatable bonds is 5. The fourth-order valence-electron chi connectivity index (χ4n) is 0.631. The number of thiocarbonyl (C=S) groups is 1. The van der Waals surface area contributed by atoms with Gasteiger partial charge >= 0.3 is 0 Å². The molecule has 0 rings (SSSR count). The molecule has 0 aliphatic carbocycles. The van der Waals surface area contributed by atoms with Gasteiger partial charge in [-0.15, -0.1) is 0 Å². The van der Waals surface area contributed by atoms with E-state index in [1.807, 2.05) is 0 Å². The lowest BCUT2D eigenvalue weighted by Gasteiger charge is -2.15. The van der Waals surface area contributed by atoms with E-state index >= 15 is 0 Å². The van der Waals surface area contributed by atoms with Crippen molar-refractivity contribution in [2.24, 2.45) is 0 Å². The number of ether oxygens (including phenoxy) is 3. The Morgan fingerprint density at radius 1 is 1.36 bits per heavy atom. The summed E-state index contributed by atoms with van der Waals surface area (Å²) in [6, 6.07) is 0. The topological polar surface area (TPSA) is 27.7 Å². The molecule has 0 aromatic heterocycles. The first-order valence-electron chi connectivity index (χ1n) is 3.08. The Balaban J connectivity index is 3.59. The summed E-state index contributed by atoms with van der Waals surface area (Å²) < 4.78 is 15.0. The lowest BCUT2D eigenvalue weighted by molar-refractivity contribution is 0.0220. The third-order valence-corrected chi connectivity index (χ3v) is 1.17. The monoisotopic (exact) mass is 196 g/mol. The largest absolute Gasteiger partial charge is 0.471 e. The van der Waals surface area contributed by atoms with E-state index in [1.165, 1.54) is 0 Å². The minimum atomic E-state index is -0.157. The number of methoxy groups -OCH3 is 2. The molecule has 3 nitrogen and oxygen atoms in total. The van der Waals surface area contributed by atoms with E-state index in [4.69, 9.17) is 14.2 Å². The van der Waals surface area contributed by atoms with Crippen molar-refractivity contribution in [1.82, 2.24) is 0 Å². The SMILES string of the molecule is COCC(COC)OC(=S)S. The van der Waals surface area contributed by atoms with Crippen molar-refractivity contribution in [2.45, 2.75) is 6.10 Å². The van der Waals surface area contributed by atoms with Crippen LogP contribution >= 0.6 is 24.8 Å². The maximum atomic E-state index is 5.08. The fraction of sp³-hybridized carbons (Fsp3) is 0.833. The predicted octanol–water partition coefficient (Wildman–Crippen LogP) is 0.879. The molecule has 5 heteroatoms. The first kappa shape index (κ1) is 11.2. The van der Waals surface area contributed by atoms with E-state index in [9.17, 15) is 0 Å². The van der Waals surface area contributed by atoms with Crippen molar-refractivity contribution < 1.29 is 14.2 Å². The number of hydrogen-bond acceptors (Lipinski definition) is 4. The van der Waals surface area contributed by atoms with E-state index in [0.717, 1.165) is 0 Å². The number of thiol groups is 1. The average molecular weight is 196 g/mol. The summed E-state index contributed by atoms with van der Waals surface area (Å²) in [5.74, 6) is 0. The van der Waals surface area contributed by atoms with Crippen molar-refractivity contribution in [3.8, 4) is 0 Å². The van der Waals surface area contributed by atoms with Crippen LogP contribution in [0.2, 0.25) is 0 Å². The van der Waals surface area contributed by atoms with Crippen molar-refractivity contribution >= 4 is 29.2 Å². The summed E-state index contributed by atoms with van der Waals surface area (Å²) in [4.78, 5) is 0. The molecule has 0 aromatic carbocycles. The highest BCUT2D eigenvalue weighted by atomic mass is 32.1. The molecule has 0 amide bonds. The first-order valence-corrected chi connectivity index (χ1v) is 3.93. The van der Waals surface area contributed by atoms with Crippen LogP contribution in [0, 0.1) is 0 Å². The molecule has 66 valence electrons. The van der Waals surface area contributed by atoms with E-state index < -0.39 is 0 Å². The lowest BCUT2D eigenvalue weighted by atomic mass is 10.4. The summed E-state index contributed by atoms with van der Waals surface area (Å²) in [7, 11) is 3.18. The summed E-state index contributed by atoms with van der Waals surface area (Å²) in [6.45, 7) is 0.906. The zero-order chi connectivity index (χ0) is 8.69. The molecule has 0 atom stereocenters. The fourth-order valence-corrected chi connectivity index (χ4v) is 0.916. The highest BCUT2D eigenvalue weighted by Gasteiger charge is 2.09. The highest BCUT2D eigenvalue weighted by molar-refractivity contribution is 8.10. The van der Waals surface area contributed by atoms with Gasteiger partial charge in [0.2, 0.25) is 4.38 Å². The second-order valence-electron chi connectivity index (χ2n) is 1.92. The minimum absolute atomic E-state index is 0.157. The van der Waals surface area contributed by atoms with E-state index in [-0.39, 0.29) is 10.5 Å².